The first-order chi connectivity index (χ1) is 14.0. The molecule has 4 rings (SSSR count). The number of aromatic nitrogens is 1. The number of hydrogen-bond acceptors (Lipinski definition) is 9. The van der Waals surface area contributed by atoms with Crippen LogP contribution >= 0.6 is 23.1 Å². The minimum absolute atomic E-state index is 0.144. The molecule has 0 saturated carbocycles. The van der Waals surface area contributed by atoms with E-state index in [1.807, 2.05) is 0 Å². The predicted molar refractivity (Wildman–Crippen MR) is 111 cm³/mol. The van der Waals surface area contributed by atoms with E-state index >= 15 is 0 Å². The van der Waals surface area contributed by atoms with Gasteiger partial charge in [0.2, 0.25) is 0 Å². The molecule has 0 aliphatic carbocycles. The number of benzene rings is 1. The van der Waals surface area contributed by atoms with Gasteiger partial charge in [0.15, 0.2) is 5.78 Å². The number of thioether (sulfide) groups is 1. The molecule has 0 radical (unpaired) electrons. The summed E-state index contributed by atoms with van der Waals surface area (Å²) >= 11 is 2.40. The summed E-state index contributed by atoms with van der Waals surface area (Å²) < 4.78 is 10.8. The first-order valence-corrected chi connectivity index (χ1v) is 10.0. The van der Waals surface area contributed by atoms with Gasteiger partial charge < -0.3 is 9.15 Å². The molecule has 0 bridgehead atoms. The van der Waals surface area contributed by atoms with Crippen molar-refractivity contribution in [3.05, 3.63) is 67.7 Å². The van der Waals surface area contributed by atoms with Gasteiger partial charge in [0.1, 0.15) is 28.2 Å². The van der Waals surface area contributed by atoms with Crippen molar-refractivity contribution in [1.29, 1.82) is 5.41 Å². The molecule has 3 aromatic rings. The van der Waals surface area contributed by atoms with Crippen LogP contribution in [-0.4, -0.2) is 27.8 Å². The Labute approximate surface area is 172 Å². The van der Waals surface area contributed by atoms with E-state index in [1.165, 1.54) is 24.5 Å². The highest BCUT2D eigenvalue weighted by Crippen LogP contribution is 2.42. The molecule has 1 aliphatic rings. The minimum Gasteiger partial charge on any atom is -0.497 e. The number of allylic oxidation sites excluding steroid dienone is 1. The number of rotatable bonds is 5. The van der Waals surface area contributed by atoms with E-state index in [-0.39, 0.29) is 16.5 Å². The summed E-state index contributed by atoms with van der Waals surface area (Å²) in [7, 11) is 1.43. The number of carbonyl (C=O) groups is 1. The zero-order chi connectivity index (χ0) is 20.5. The van der Waals surface area contributed by atoms with E-state index in [4.69, 9.17) is 14.6 Å². The fraction of sp³-hybridized carbons (Fsp3) is 0.105. The summed E-state index contributed by atoms with van der Waals surface area (Å²) in [6.45, 7) is 0. The van der Waals surface area contributed by atoms with Gasteiger partial charge in [-0.05, 0) is 30.3 Å². The number of nitro groups is 1. The van der Waals surface area contributed by atoms with Crippen molar-refractivity contribution in [3.63, 3.8) is 0 Å². The van der Waals surface area contributed by atoms with Crippen molar-refractivity contribution in [1.82, 2.24) is 4.98 Å². The maximum atomic E-state index is 12.7. The Bertz CT molecular complexity index is 1150. The molecule has 0 spiro atoms. The van der Waals surface area contributed by atoms with Crippen LogP contribution in [0.3, 0.4) is 0 Å². The van der Waals surface area contributed by atoms with Crippen LogP contribution < -0.4 is 4.74 Å². The predicted octanol–water partition coefficient (Wildman–Crippen LogP) is 4.74. The largest absolute Gasteiger partial charge is 0.497 e. The smallest absolute Gasteiger partial charge is 0.284 e. The highest BCUT2D eigenvalue weighted by atomic mass is 32.2. The average Bonchev–Trinajstić information content (AvgIpc) is 3.43. The number of carbonyl (C=O) groups excluding carboxylic acids is 1. The van der Waals surface area contributed by atoms with Crippen molar-refractivity contribution < 1.29 is 18.9 Å². The van der Waals surface area contributed by atoms with Crippen LogP contribution in [0.2, 0.25) is 0 Å². The van der Waals surface area contributed by atoms with Crippen LogP contribution in [0, 0.1) is 15.5 Å². The van der Waals surface area contributed by atoms with E-state index in [0.29, 0.717) is 32.7 Å². The van der Waals surface area contributed by atoms with Crippen molar-refractivity contribution in [3.8, 4) is 17.1 Å². The fourth-order valence-corrected chi connectivity index (χ4v) is 4.68. The Morgan fingerprint density at radius 1 is 1.34 bits per heavy atom. The topological polar surface area (TPSA) is 119 Å². The van der Waals surface area contributed by atoms with Gasteiger partial charge >= 0.3 is 0 Å². The van der Waals surface area contributed by atoms with E-state index in [9.17, 15) is 14.9 Å². The number of thiazole rings is 1. The Kier molecular flexibility index (Phi) is 5.03. The second-order valence-electron chi connectivity index (χ2n) is 5.98. The summed E-state index contributed by atoms with van der Waals surface area (Å²) in [6.07, 6.45) is 3.15. The third-order valence-electron chi connectivity index (χ3n) is 4.25. The second kappa shape index (κ2) is 7.64. The molecule has 8 nitrogen and oxygen atoms in total. The standard InChI is InChI=1S/C19H13N3O5S2/c1-26-10-2-4-12(13(8-10)22(24)25)14-5-3-11(27-14)9-15-17(23)16(18(20)29-15)19-21-6-7-28-19/h2-9,16,20H,1H3. The third-order valence-corrected chi connectivity index (χ3v) is 6.09. The number of ketones is 1. The number of nitrogens with one attached hydrogen (secondary N) is 1. The Morgan fingerprint density at radius 2 is 2.17 bits per heavy atom. The van der Waals surface area contributed by atoms with Gasteiger partial charge in [-0.15, -0.1) is 11.3 Å². The summed E-state index contributed by atoms with van der Waals surface area (Å²) in [5, 5.41) is 22.1. The highest BCUT2D eigenvalue weighted by molar-refractivity contribution is 8.19. The van der Waals surface area contributed by atoms with Crippen molar-refractivity contribution in [2.75, 3.05) is 7.11 Å². The molecule has 1 fully saturated rings. The molecule has 1 aromatic carbocycles. The Hall–Kier alpha value is -3.24. The van der Waals surface area contributed by atoms with Gasteiger partial charge in [0, 0.05) is 11.6 Å². The molecule has 10 heteroatoms. The Balaban J connectivity index is 1.65. The van der Waals surface area contributed by atoms with E-state index in [2.05, 4.69) is 4.98 Å². The van der Waals surface area contributed by atoms with Gasteiger partial charge in [-0.1, -0.05) is 11.8 Å². The quantitative estimate of drug-likeness (QED) is 0.355. The van der Waals surface area contributed by atoms with Crippen LogP contribution in [-0.2, 0) is 4.79 Å². The van der Waals surface area contributed by atoms with E-state index in [0.717, 1.165) is 11.8 Å². The van der Waals surface area contributed by atoms with E-state index < -0.39 is 10.8 Å². The van der Waals surface area contributed by atoms with Gasteiger partial charge in [-0.2, -0.15) is 0 Å². The van der Waals surface area contributed by atoms with Crippen LogP contribution in [0.25, 0.3) is 17.4 Å². The lowest BCUT2D eigenvalue weighted by molar-refractivity contribution is -0.384. The number of nitrogens with zero attached hydrogens (tertiary/aromatic N) is 2. The highest BCUT2D eigenvalue weighted by Gasteiger charge is 2.38. The number of Topliss-reactive ketones (excluding diaryl/α,β-unsaturated/α-hetero) is 1. The summed E-state index contributed by atoms with van der Waals surface area (Å²) in [5.41, 5.74) is 0.161. The third kappa shape index (κ3) is 3.59. The molecule has 1 unspecified atom stereocenters. The molecule has 1 saturated heterocycles. The minimum atomic E-state index is -0.677. The SMILES string of the molecule is COc1ccc(-c2ccc(C=C3SC(=N)C(c4nccs4)C3=O)o2)c([N+](=O)[O-])c1. The monoisotopic (exact) mass is 427 g/mol. The first kappa shape index (κ1) is 19.1. The normalized spacial score (nSPS) is 17.8. The number of hydrogen-bond donors (Lipinski definition) is 1. The molecular weight excluding hydrogens is 414 g/mol. The fourth-order valence-electron chi connectivity index (χ4n) is 2.89. The Morgan fingerprint density at radius 3 is 2.86 bits per heavy atom. The van der Waals surface area contributed by atoms with Crippen LogP contribution in [0.1, 0.15) is 16.7 Å². The number of methoxy groups -OCH3 is 1. The molecular formula is C19H13N3O5S2. The lowest BCUT2D eigenvalue weighted by Gasteiger charge is -2.03. The van der Waals surface area contributed by atoms with Gasteiger partial charge in [-0.3, -0.25) is 20.3 Å². The van der Waals surface area contributed by atoms with Gasteiger partial charge in [0.05, 0.1) is 33.6 Å². The van der Waals surface area contributed by atoms with Gasteiger partial charge in [-0.25, -0.2) is 4.98 Å². The van der Waals surface area contributed by atoms with E-state index in [1.54, 1.807) is 41.9 Å². The average molecular weight is 427 g/mol. The van der Waals surface area contributed by atoms with Crippen molar-refractivity contribution in [2.45, 2.75) is 5.92 Å². The second-order valence-corrected chi connectivity index (χ2v) is 7.99. The number of ether oxygens (including phenoxy) is 1. The molecule has 3 heterocycles. The van der Waals surface area contributed by atoms with Crippen molar-refractivity contribution >= 4 is 45.7 Å². The van der Waals surface area contributed by atoms with Crippen LogP contribution in [0.15, 0.2) is 51.2 Å². The number of nitro benzene ring substituents is 1. The van der Waals surface area contributed by atoms with Crippen LogP contribution in [0.5, 0.6) is 5.75 Å². The molecule has 1 N–H and O–H groups in total. The maximum Gasteiger partial charge on any atom is 0.284 e. The first-order valence-electron chi connectivity index (χ1n) is 8.32. The van der Waals surface area contributed by atoms with Gasteiger partial charge in [0.25, 0.3) is 5.69 Å². The molecule has 2 aromatic heterocycles. The molecule has 1 atom stereocenters. The zero-order valence-electron chi connectivity index (χ0n) is 14.9. The summed E-state index contributed by atoms with van der Waals surface area (Å²) in [6, 6.07) is 7.72. The van der Waals surface area contributed by atoms with Crippen molar-refractivity contribution in [2.24, 2.45) is 0 Å². The molecule has 0 amide bonds. The summed E-state index contributed by atoms with van der Waals surface area (Å²) in [4.78, 5) is 28.1. The molecule has 1 aliphatic heterocycles. The summed E-state index contributed by atoms with van der Waals surface area (Å²) in [5.74, 6) is 0.155. The lowest BCUT2D eigenvalue weighted by Crippen LogP contribution is -2.11. The lowest BCUT2D eigenvalue weighted by atomic mass is 10.1. The molecule has 146 valence electrons. The number of furan rings is 1. The molecule has 29 heavy (non-hydrogen) atoms. The van der Waals surface area contributed by atoms with Crippen LogP contribution in [0.4, 0.5) is 5.69 Å². The zero-order valence-corrected chi connectivity index (χ0v) is 16.6. The maximum absolute atomic E-state index is 12.7.